The Balaban J connectivity index is 1.88. The van der Waals surface area contributed by atoms with Gasteiger partial charge in [0, 0.05) is 11.6 Å². The Hall–Kier alpha value is -2.60. The maximum absolute atomic E-state index is 13.0. The predicted octanol–water partition coefficient (Wildman–Crippen LogP) is 3.45. The van der Waals surface area contributed by atoms with Gasteiger partial charge in [0.05, 0.1) is 16.0 Å². The highest BCUT2D eigenvalue weighted by atomic mass is 32.2. The largest absolute Gasteiger partial charge is 0.478 e. The number of hydrogen-bond acceptors (Lipinski definition) is 3. The Morgan fingerprint density at radius 3 is 2.33 bits per heavy atom. The van der Waals surface area contributed by atoms with Crippen LogP contribution in [0.25, 0.3) is 10.9 Å². The summed E-state index contributed by atoms with van der Waals surface area (Å²) in [7, 11) is -3.77. The van der Waals surface area contributed by atoms with Crippen LogP contribution in [0.5, 0.6) is 0 Å². The molecular formula is C18H15NO4S. The summed E-state index contributed by atoms with van der Waals surface area (Å²) in [6, 6.07) is 12.8. The van der Waals surface area contributed by atoms with Crippen molar-refractivity contribution < 1.29 is 18.3 Å². The molecule has 1 heterocycles. The molecule has 5 nitrogen and oxygen atoms in total. The standard InChI is InChI=1S/C18H15NO4S/c20-18(21)13-7-9-14(10-8-13)24(22,23)19-11-16(12-5-6-12)15-3-1-2-4-17(15)19/h1-4,7-12H,5-6H2,(H,20,21). The summed E-state index contributed by atoms with van der Waals surface area (Å²) in [6.45, 7) is 0. The van der Waals surface area contributed by atoms with Crippen LogP contribution in [0, 0.1) is 0 Å². The van der Waals surface area contributed by atoms with E-state index < -0.39 is 16.0 Å². The summed E-state index contributed by atoms with van der Waals surface area (Å²) in [5.74, 6) is -0.651. The minimum atomic E-state index is -3.77. The molecule has 0 unspecified atom stereocenters. The molecule has 6 heteroatoms. The predicted molar refractivity (Wildman–Crippen MR) is 89.9 cm³/mol. The normalized spacial score (nSPS) is 14.8. The van der Waals surface area contributed by atoms with Crippen LogP contribution in [0.4, 0.5) is 0 Å². The van der Waals surface area contributed by atoms with E-state index in [1.54, 1.807) is 12.3 Å². The molecule has 1 N–H and O–H groups in total. The minimum Gasteiger partial charge on any atom is -0.478 e. The summed E-state index contributed by atoms with van der Waals surface area (Å²) in [5.41, 5.74) is 1.78. The van der Waals surface area contributed by atoms with Crippen molar-refractivity contribution in [3.63, 3.8) is 0 Å². The Morgan fingerprint density at radius 1 is 1.04 bits per heavy atom. The first-order valence-electron chi connectivity index (χ1n) is 7.67. The summed E-state index contributed by atoms with van der Waals surface area (Å²) in [5, 5.41) is 9.92. The molecule has 1 aromatic heterocycles. The fourth-order valence-corrected chi connectivity index (χ4v) is 4.35. The van der Waals surface area contributed by atoms with E-state index >= 15 is 0 Å². The highest BCUT2D eigenvalue weighted by Gasteiger charge is 2.29. The summed E-state index contributed by atoms with van der Waals surface area (Å²) in [4.78, 5) is 11.0. The van der Waals surface area contributed by atoms with E-state index in [0.717, 1.165) is 23.8 Å². The lowest BCUT2D eigenvalue weighted by Crippen LogP contribution is -2.12. The van der Waals surface area contributed by atoms with Gasteiger partial charge in [0.2, 0.25) is 0 Å². The smallest absolute Gasteiger partial charge is 0.335 e. The maximum atomic E-state index is 13.0. The van der Waals surface area contributed by atoms with Crippen LogP contribution in [0.15, 0.2) is 59.6 Å². The van der Waals surface area contributed by atoms with Gasteiger partial charge in [-0.15, -0.1) is 0 Å². The molecule has 0 spiro atoms. The van der Waals surface area contributed by atoms with Crippen LogP contribution in [0.3, 0.4) is 0 Å². The first kappa shape index (κ1) is 15.0. The maximum Gasteiger partial charge on any atom is 0.335 e. The highest BCUT2D eigenvalue weighted by molar-refractivity contribution is 7.90. The number of carboxylic acids is 1. The quantitative estimate of drug-likeness (QED) is 0.788. The van der Waals surface area contributed by atoms with Gasteiger partial charge in [0.15, 0.2) is 0 Å². The molecule has 1 saturated carbocycles. The molecule has 24 heavy (non-hydrogen) atoms. The van der Waals surface area contributed by atoms with Crippen molar-refractivity contribution in [3.05, 3.63) is 65.9 Å². The molecule has 0 atom stereocenters. The number of fused-ring (bicyclic) bond motifs is 1. The van der Waals surface area contributed by atoms with E-state index in [1.807, 2.05) is 18.2 Å². The Bertz CT molecular complexity index is 1040. The monoisotopic (exact) mass is 341 g/mol. The average molecular weight is 341 g/mol. The number of hydrogen-bond donors (Lipinski definition) is 1. The molecule has 1 aliphatic rings. The SMILES string of the molecule is O=C(O)c1ccc(S(=O)(=O)n2cc(C3CC3)c3ccccc32)cc1. The Labute approximate surface area is 139 Å². The number of para-hydroxylation sites is 1. The van der Waals surface area contributed by atoms with Gasteiger partial charge in [-0.05, 0) is 54.7 Å². The summed E-state index contributed by atoms with van der Waals surface area (Å²) < 4.78 is 27.3. The molecule has 1 fully saturated rings. The van der Waals surface area contributed by atoms with Crippen molar-refractivity contribution in [2.75, 3.05) is 0 Å². The number of nitrogens with zero attached hydrogens (tertiary/aromatic N) is 1. The van der Waals surface area contributed by atoms with Gasteiger partial charge in [0.1, 0.15) is 0 Å². The number of benzene rings is 2. The molecular weight excluding hydrogens is 326 g/mol. The fraction of sp³-hybridized carbons (Fsp3) is 0.167. The van der Waals surface area contributed by atoms with E-state index in [4.69, 9.17) is 5.11 Å². The molecule has 4 rings (SSSR count). The molecule has 0 amide bonds. The van der Waals surface area contributed by atoms with Crippen LogP contribution in [-0.2, 0) is 10.0 Å². The third-order valence-corrected chi connectivity index (χ3v) is 6.07. The fourth-order valence-electron chi connectivity index (χ4n) is 2.98. The number of carbonyl (C=O) groups is 1. The van der Waals surface area contributed by atoms with E-state index in [1.165, 1.54) is 28.2 Å². The molecule has 1 aliphatic carbocycles. The second kappa shape index (κ2) is 5.21. The molecule has 0 aliphatic heterocycles. The van der Waals surface area contributed by atoms with Gasteiger partial charge in [-0.1, -0.05) is 18.2 Å². The average Bonchev–Trinajstić information content (AvgIpc) is 3.35. The highest BCUT2D eigenvalue weighted by Crippen LogP contribution is 2.44. The van der Waals surface area contributed by atoms with Crippen molar-refractivity contribution in [2.45, 2.75) is 23.7 Å². The molecule has 122 valence electrons. The van der Waals surface area contributed by atoms with Gasteiger partial charge in [-0.25, -0.2) is 17.2 Å². The van der Waals surface area contributed by atoms with Crippen molar-refractivity contribution >= 4 is 26.9 Å². The van der Waals surface area contributed by atoms with Gasteiger partial charge < -0.3 is 5.11 Å². The zero-order chi connectivity index (χ0) is 16.9. The van der Waals surface area contributed by atoms with Gasteiger partial charge in [0.25, 0.3) is 10.0 Å². The molecule has 0 saturated heterocycles. The summed E-state index contributed by atoms with van der Waals surface area (Å²) in [6.07, 6.45) is 3.88. The van der Waals surface area contributed by atoms with Crippen LogP contribution < -0.4 is 0 Å². The number of carboxylic acid groups (broad SMARTS) is 1. The summed E-state index contributed by atoms with van der Waals surface area (Å²) >= 11 is 0. The van der Waals surface area contributed by atoms with Crippen molar-refractivity contribution in [1.29, 1.82) is 0 Å². The van der Waals surface area contributed by atoms with E-state index in [0.29, 0.717) is 11.4 Å². The molecule has 3 aromatic rings. The second-order valence-corrected chi connectivity index (χ2v) is 7.82. The first-order valence-corrected chi connectivity index (χ1v) is 9.11. The molecule has 0 radical (unpaired) electrons. The Kier molecular flexibility index (Phi) is 3.25. The zero-order valence-corrected chi connectivity index (χ0v) is 13.5. The molecule has 2 aromatic carbocycles. The minimum absolute atomic E-state index is 0.0602. The van der Waals surface area contributed by atoms with Gasteiger partial charge in [-0.3, -0.25) is 0 Å². The lowest BCUT2D eigenvalue weighted by atomic mass is 10.1. The van der Waals surface area contributed by atoms with E-state index in [2.05, 4.69) is 0 Å². The first-order chi connectivity index (χ1) is 11.5. The molecule has 0 bridgehead atoms. The number of aromatic nitrogens is 1. The van der Waals surface area contributed by atoms with Gasteiger partial charge >= 0.3 is 5.97 Å². The van der Waals surface area contributed by atoms with Gasteiger partial charge in [-0.2, -0.15) is 0 Å². The van der Waals surface area contributed by atoms with Crippen LogP contribution >= 0.6 is 0 Å². The zero-order valence-electron chi connectivity index (χ0n) is 12.7. The van der Waals surface area contributed by atoms with E-state index in [9.17, 15) is 13.2 Å². The van der Waals surface area contributed by atoms with Crippen molar-refractivity contribution in [1.82, 2.24) is 3.97 Å². The topological polar surface area (TPSA) is 76.4 Å². The number of rotatable bonds is 4. The lowest BCUT2D eigenvalue weighted by molar-refractivity contribution is 0.0696. The van der Waals surface area contributed by atoms with Crippen LogP contribution in [0.2, 0.25) is 0 Å². The van der Waals surface area contributed by atoms with Crippen molar-refractivity contribution in [2.24, 2.45) is 0 Å². The van der Waals surface area contributed by atoms with Crippen LogP contribution in [0.1, 0.15) is 34.7 Å². The lowest BCUT2D eigenvalue weighted by Gasteiger charge is -2.07. The third kappa shape index (κ3) is 2.30. The Morgan fingerprint density at radius 2 is 1.71 bits per heavy atom. The second-order valence-electron chi connectivity index (χ2n) is 6.01. The number of aromatic carboxylic acids is 1. The van der Waals surface area contributed by atoms with Crippen LogP contribution in [-0.4, -0.2) is 23.5 Å². The van der Waals surface area contributed by atoms with E-state index in [-0.39, 0.29) is 10.5 Å². The third-order valence-electron chi connectivity index (χ3n) is 4.38. The van der Waals surface area contributed by atoms with Crippen molar-refractivity contribution in [3.8, 4) is 0 Å².